The summed E-state index contributed by atoms with van der Waals surface area (Å²) in [6.07, 6.45) is 2.58. The van der Waals surface area contributed by atoms with Gasteiger partial charge in [-0.3, -0.25) is 9.00 Å². The van der Waals surface area contributed by atoms with Crippen molar-refractivity contribution in [1.82, 2.24) is 10.3 Å². The Morgan fingerprint density at radius 3 is 2.85 bits per heavy atom. The number of amides is 1. The van der Waals surface area contributed by atoms with Crippen LogP contribution in [0.3, 0.4) is 0 Å². The van der Waals surface area contributed by atoms with E-state index < -0.39 is 10.8 Å². The Morgan fingerprint density at radius 2 is 2.15 bits per heavy atom. The van der Waals surface area contributed by atoms with Crippen LogP contribution in [0.1, 0.15) is 36.7 Å². The standard InChI is InChI=1S/C14H21N3O2S/c1-2-8-15-13-5-3-4-12(17-13)14(18)16-11-6-9-20(19)10-7-11/h3-5,11H,2,6-10H2,1H3,(H,15,17)(H,16,18). The molecule has 0 unspecified atom stereocenters. The maximum absolute atomic E-state index is 12.1. The van der Waals surface area contributed by atoms with Gasteiger partial charge in [0, 0.05) is 34.9 Å². The van der Waals surface area contributed by atoms with Gasteiger partial charge in [0.05, 0.1) is 0 Å². The molecule has 20 heavy (non-hydrogen) atoms. The molecule has 0 spiro atoms. The van der Waals surface area contributed by atoms with Crippen LogP contribution in [0.15, 0.2) is 18.2 Å². The van der Waals surface area contributed by atoms with Crippen molar-refractivity contribution in [2.24, 2.45) is 0 Å². The van der Waals surface area contributed by atoms with Crippen molar-refractivity contribution in [3.8, 4) is 0 Å². The Bertz CT molecular complexity index is 483. The molecule has 0 aromatic carbocycles. The van der Waals surface area contributed by atoms with Crippen LogP contribution in [0.4, 0.5) is 5.82 Å². The predicted molar refractivity (Wildman–Crippen MR) is 81.4 cm³/mol. The summed E-state index contributed by atoms with van der Waals surface area (Å²) in [7, 11) is -0.705. The molecule has 0 aliphatic carbocycles. The second-order valence-electron chi connectivity index (χ2n) is 4.93. The minimum absolute atomic E-state index is 0.120. The number of carbonyl (C=O) groups excluding carboxylic acids is 1. The van der Waals surface area contributed by atoms with E-state index in [-0.39, 0.29) is 11.9 Å². The summed E-state index contributed by atoms with van der Waals surface area (Å²) in [5.74, 6) is 1.93. The zero-order valence-corrected chi connectivity index (χ0v) is 12.5. The lowest BCUT2D eigenvalue weighted by Gasteiger charge is -2.22. The van der Waals surface area contributed by atoms with Crippen molar-refractivity contribution in [2.75, 3.05) is 23.4 Å². The molecule has 1 aromatic heterocycles. The van der Waals surface area contributed by atoms with Crippen molar-refractivity contribution in [3.63, 3.8) is 0 Å². The van der Waals surface area contributed by atoms with E-state index in [2.05, 4.69) is 22.5 Å². The van der Waals surface area contributed by atoms with Gasteiger partial charge in [-0.05, 0) is 31.4 Å². The average molecular weight is 295 g/mol. The van der Waals surface area contributed by atoms with Crippen LogP contribution in [0.5, 0.6) is 0 Å². The van der Waals surface area contributed by atoms with E-state index in [1.807, 2.05) is 12.1 Å². The highest BCUT2D eigenvalue weighted by Gasteiger charge is 2.20. The molecule has 1 amide bonds. The minimum Gasteiger partial charge on any atom is -0.370 e. The molecule has 1 aromatic rings. The predicted octanol–water partition coefficient (Wildman–Crippen LogP) is 1.54. The first kappa shape index (κ1) is 15.0. The van der Waals surface area contributed by atoms with Gasteiger partial charge in [-0.15, -0.1) is 0 Å². The fourth-order valence-electron chi connectivity index (χ4n) is 2.11. The SMILES string of the molecule is CCCNc1cccc(C(=O)NC2CCS(=O)CC2)n1. The maximum Gasteiger partial charge on any atom is 0.270 e. The van der Waals surface area contributed by atoms with E-state index in [1.165, 1.54) is 0 Å². The van der Waals surface area contributed by atoms with Gasteiger partial charge in [0.2, 0.25) is 0 Å². The van der Waals surface area contributed by atoms with Gasteiger partial charge in [0.25, 0.3) is 5.91 Å². The van der Waals surface area contributed by atoms with Crippen LogP contribution >= 0.6 is 0 Å². The molecular formula is C14H21N3O2S. The number of nitrogens with one attached hydrogen (secondary N) is 2. The van der Waals surface area contributed by atoms with Crippen LogP contribution in [-0.2, 0) is 10.8 Å². The van der Waals surface area contributed by atoms with E-state index in [9.17, 15) is 9.00 Å². The van der Waals surface area contributed by atoms with Crippen molar-refractivity contribution >= 4 is 22.5 Å². The minimum atomic E-state index is -0.705. The van der Waals surface area contributed by atoms with Crippen LogP contribution in [-0.4, -0.2) is 39.2 Å². The van der Waals surface area contributed by atoms with Gasteiger partial charge >= 0.3 is 0 Å². The first-order chi connectivity index (χ1) is 9.69. The molecule has 0 radical (unpaired) electrons. The fraction of sp³-hybridized carbons (Fsp3) is 0.571. The zero-order valence-electron chi connectivity index (χ0n) is 11.7. The van der Waals surface area contributed by atoms with E-state index in [0.29, 0.717) is 17.2 Å². The number of pyridine rings is 1. The largest absolute Gasteiger partial charge is 0.370 e. The summed E-state index contributed by atoms with van der Waals surface area (Å²) in [5, 5.41) is 6.14. The van der Waals surface area contributed by atoms with Crippen LogP contribution in [0, 0.1) is 0 Å². The normalized spacial score (nSPS) is 22.2. The second-order valence-corrected chi connectivity index (χ2v) is 6.63. The van der Waals surface area contributed by atoms with Gasteiger partial charge in [0.1, 0.15) is 11.5 Å². The molecule has 2 rings (SSSR count). The molecule has 1 aliphatic heterocycles. The second kappa shape index (κ2) is 7.38. The van der Waals surface area contributed by atoms with E-state index in [4.69, 9.17) is 0 Å². The molecular weight excluding hydrogens is 274 g/mol. The smallest absolute Gasteiger partial charge is 0.270 e. The van der Waals surface area contributed by atoms with Crippen molar-refractivity contribution in [2.45, 2.75) is 32.2 Å². The summed E-state index contributed by atoms with van der Waals surface area (Å²) < 4.78 is 11.3. The fourth-order valence-corrected chi connectivity index (χ4v) is 3.41. The topological polar surface area (TPSA) is 71.1 Å². The molecule has 110 valence electrons. The number of anilines is 1. The Balaban J connectivity index is 1.93. The number of nitrogens with zero attached hydrogens (tertiary/aromatic N) is 1. The van der Waals surface area contributed by atoms with Crippen molar-refractivity contribution < 1.29 is 9.00 Å². The molecule has 1 aliphatic rings. The van der Waals surface area contributed by atoms with Gasteiger partial charge < -0.3 is 10.6 Å². The Morgan fingerprint density at radius 1 is 1.40 bits per heavy atom. The molecule has 1 saturated heterocycles. The van der Waals surface area contributed by atoms with E-state index >= 15 is 0 Å². The van der Waals surface area contributed by atoms with Gasteiger partial charge in [-0.2, -0.15) is 0 Å². The number of hydrogen-bond acceptors (Lipinski definition) is 4. The Labute approximate surface area is 122 Å². The number of rotatable bonds is 5. The molecule has 0 atom stereocenters. The molecule has 0 saturated carbocycles. The summed E-state index contributed by atoms with van der Waals surface area (Å²) >= 11 is 0. The molecule has 1 fully saturated rings. The highest BCUT2D eigenvalue weighted by molar-refractivity contribution is 7.85. The summed E-state index contributed by atoms with van der Waals surface area (Å²) in [6, 6.07) is 5.52. The van der Waals surface area contributed by atoms with Gasteiger partial charge in [-0.25, -0.2) is 4.98 Å². The summed E-state index contributed by atoms with van der Waals surface area (Å²) in [4.78, 5) is 16.5. The van der Waals surface area contributed by atoms with Crippen molar-refractivity contribution in [3.05, 3.63) is 23.9 Å². The first-order valence-electron chi connectivity index (χ1n) is 7.06. The third kappa shape index (κ3) is 4.30. The van der Waals surface area contributed by atoms with E-state index in [1.54, 1.807) is 6.07 Å². The first-order valence-corrected chi connectivity index (χ1v) is 8.54. The molecule has 2 heterocycles. The van der Waals surface area contributed by atoms with Crippen LogP contribution in [0.25, 0.3) is 0 Å². The van der Waals surface area contributed by atoms with Crippen molar-refractivity contribution in [1.29, 1.82) is 0 Å². The third-order valence-electron chi connectivity index (χ3n) is 3.26. The quantitative estimate of drug-likeness (QED) is 0.864. The van der Waals surface area contributed by atoms with Crippen LogP contribution < -0.4 is 10.6 Å². The molecule has 2 N–H and O–H groups in total. The zero-order chi connectivity index (χ0) is 14.4. The number of aromatic nitrogens is 1. The van der Waals surface area contributed by atoms with Crippen LogP contribution in [0.2, 0.25) is 0 Å². The summed E-state index contributed by atoms with van der Waals surface area (Å²) in [5.41, 5.74) is 0.429. The Kier molecular flexibility index (Phi) is 5.52. The highest BCUT2D eigenvalue weighted by Crippen LogP contribution is 2.11. The molecule has 5 nitrogen and oxygen atoms in total. The summed E-state index contributed by atoms with van der Waals surface area (Å²) in [6.45, 7) is 2.92. The monoisotopic (exact) mass is 295 g/mol. The van der Waals surface area contributed by atoms with Gasteiger partial charge in [0.15, 0.2) is 0 Å². The lowest BCUT2D eigenvalue weighted by molar-refractivity contribution is 0.0929. The lowest BCUT2D eigenvalue weighted by atomic mass is 10.1. The Hall–Kier alpha value is -1.43. The maximum atomic E-state index is 12.1. The highest BCUT2D eigenvalue weighted by atomic mass is 32.2. The molecule has 0 bridgehead atoms. The third-order valence-corrected chi connectivity index (χ3v) is 4.64. The number of hydrogen-bond donors (Lipinski definition) is 2. The number of carbonyl (C=O) groups is 1. The van der Waals surface area contributed by atoms with E-state index in [0.717, 1.165) is 31.6 Å². The lowest BCUT2D eigenvalue weighted by Crippen LogP contribution is -2.39. The average Bonchev–Trinajstić information content (AvgIpc) is 2.48. The molecule has 6 heteroatoms. The van der Waals surface area contributed by atoms with Gasteiger partial charge in [-0.1, -0.05) is 13.0 Å².